The van der Waals surface area contributed by atoms with Gasteiger partial charge in [-0.25, -0.2) is 4.98 Å². The second-order valence-corrected chi connectivity index (χ2v) is 4.06. The van der Waals surface area contributed by atoms with Gasteiger partial charge in [-0.15, -0.1) is 11.3 Å². The molecule has 0 aliphatic heterocycles. The van der Waals surface area contributed by atoms with E-state index in [1.165, 1.54) is 9.75 Å². The van der Waals surface area contributed by atoms with Crippen molar-refractivity contribution in [2.24, 2.45) is 12.8 Å². The highest BCUT2D eigenvalue weighted by molar-refractivity contribution is 7.15. The number of nitrogens with two attached hydrogens (primary N) is 1. The topological polar surface area (TPSA) is 43.8 Å². The molecule has 2 rings (SSSR count). The van der Waals surface area contributed by atoms with E-state index >= 15 is 0 Å². The van der Waals surface area contributed by atoms with Crippen molar-refractivity contribution in [1.29, 1.82) is 0 Å². The van der Waals surface area contributed by atoms with Gasteiger partial charge in [-0.2, -0.15) is 0 Å². The molecule has 2 aromatic heterocycles. The molecule has 3 nitrogen and oxygen atoms in total. The third-order valence-corrected chi connectivity index (χ3v) is 2.95. The Kier molecular flexibility index (Phi) is 2.16. The molecule has 0 radical (unpaired) electrons. The summed E-state index contributed by atoms with van der Waals surface area (Å²) in [7, 11) is 1.97. The van der Waals surface area contributed by atoms with Crippen LogP contribution in [0.15, 0.2) is 24.7 Å². The minimum atomic E-state index is 0.609. The number of rotatable bonds is 2. The van der Waals surface area contributed by atoms with E-state index in [-0.39, 0.29) is 0 Å². The number of hydrogen-bond acceptors (Lipinski definition) is 3. The Morgan fingerprint density at radius 1 is 1.54 bits per heavy atom. The molecule has 0 unspecified atom stereocenters. The maximum absolute atomic E-state index is 5.53. The van der Waals surface area contributed by atoms with Gasteiger partial charge in [0, 0.05) is 24.7 Å². The second-order valence-electron chi connectivity index (χ2n) is 2.89. The fourth-order valence-corrected chi connectivity index (χ4v) is 2.01. The van der Waals surface area contributed by atoms with Gasteiger partial charge >= 0.3 is 0 Å². The predicted molar refractivity (Wildman–Crippen MR) is 54.4 cm³/mol. The summed E-state index contributed by atoms with van der Waals surface area (Å²) >= 11 is 1.70. The first-order valence-electron chi connectivity index (χ1n) is 4.06. The molecule has 0 amide bonds. The zero-order valence-electron chi connectivity index (χ0n) is 7.40. The predicted octanol–water partition coefficient (Wildman–Crippen LogP) is 1.61. The van der Waals surface area contributed by atoms with E-state index in [1.54, 1.807) is 17.7 Å². The summed E-state index contributed by atoms with van der Waals surface area (Å²) in [4.78, 5) is 6.64. The summed E-state index contributed by atoms with van der Waals surface area (Å²) in [5.41, 5.74) is 6.55. The zero-order valence-corrected chi connectivity index (χ0v) is 8.21. The molecule has 68 valence electrons. The fraction of sp³-hybridized carbons (Fsp3) is 0.222. The Balaban J connectivity index is 2.35. The van der Waals surface area contributed by atoms with Crippen LogP contribution in [0.1, 0.15) is 4.88 Å². The van der Waals surface area contributed by atoms with Crippen molar-refractivity contribution in [3.63, 3.8) is 0 Å². The van der Waals surface area contributed by atoms with Crippen molar-refractivity contribution < 1.29 is 0 Å². The van der Waals surface area contributed by atoms with E-state index in [0.717, 1.165) is 5.69 Å². The Morgan fingerprint density at radius 2 is 2.38 bits per heavy atom. The first-order valence-corrected chi connectivity index (χ1v) is 4.88. The van der Waals surface area contributed by atoms with Crippen molar-refractivity contribution in [3.05, 3.63) is 29.5 Å². The van der Waals surface area contributed by atoms with Crippen molar-refractivity contribution >= 4 is 11.3 Å². The number of aromatic nitrogens is 2. The average Bonchev–Trinajstić information content (AvgIpc) is 2.71. The molecule has 0 saturated carbocycles. The van der Waals surface area contributed by atoms with E-state index in [0.29, 0.717) is 6.54 Å². The molecule has 0 aromatic carbocycles. The van der Waals surface area contributed by atoms with Crippen molar-refractivity contribution in [2.75, 3.05) is 0 Å². The smallest absolute Gasteiger partial charge is 0.0981 e. The number of hydrogen-bond donors (Lipinski definition) is 1. The molecule has 2 aromatic rings. The van der Waals surface area contributed by atoms with Crippen molar-refractivity contribution in [3.8, 4) is 10.6 Å². The molecule has 0 spiro atoms. The van der Waals surface area contributed by atoms with E-state index in [2.05, 4.69) is 17.1 Å². The van der Waals surface area contributed by atoms with Crippen LogP contribution < -0.4 is 5.73 Å². The van der Waals surface area contributed by atoms with Crippen LogP contribution in [0.3, 0.4) is 0 Å². The van der Waals surface area contributed by atoms with Crippen LogP contribution in [0.5, 0.6) is 0 Å². The van der Waals surface area contributed by atoms with Gasteiger partial charge in [0.1, 0.15) is 0 Å². The molecule has 0 saturated heterocycles. The van der Waals surface area contributed by atoms with Crippen LogP contribution >= 0.6 is 11.3 Å². The second kappa shape index (κ2) is 3.32. The largest absolute Gasteiger partial charge is 0.340 e. The third-order valence-electron chi connectivity index (χ3n) is 1.82. The van der Waals surface area contributed by atoms with E-state index in [4.69, 9.17) is 5.73 Å². The molecule has 0 atom stereocenters. The highest BCUT2D eigenvalue weighted by Gasteiger charge is 2.03. The minimum Gasteiger partial charge on any atom is -0.340 e. The standard InChI is InChI=1S/C9H11N3S/c1-12-5-8(11-6-12)9-3-2-7(4-10)13-9/h2-3,5-6H,4,10H2,1H3. The van der Waals surface area contributed by atoms with Crippen LogP contribution in [0.2, 0.25) is 0 Å². The molecular weight excluding hydrogens is 182 g/mol. The van der Waals surface area contributed by atoms with Gasteiger partial charge < -0.3 is 10.3 Å². The summed E-state index contributed by atoms with van der Waals surface area (Å²) < 4.78 is 1.94. The van der Waals surface area contributed by atoms with E-state index in [1.807, 2.05) is 17.8 Å². The van der Waals surface area contributed by atoms with Gasteiger partial charge in [-0.1, -0.05) is 0 Å². The van der Waals surface area contributed by atoms with Crippen molar-refractivity contribution in [1.82, 2.24) is 9.55 Å². The first-order chi connectivity index (χ1) is 6.29. The highest BCUT2D eigenvalue weighted by atomic mass is 32.1. The van der Waals surface area contributed by atoms with Gasteiger partial charge in [0.15, 0.2) is 0 Å². The number of imidazole rings is 1. The summed E-state index contributed by atoms with van der Waals surface area (Å²) in [5.74, 6) is 0. The normalized spacial score (nSPS) is 10.6. The average molecular weight is 193 g/mol. The minimum absolute atomic E-state index is 0.609. The fourth-order valence-electron chi connectivity index (χ4n) is 1.17. The third kappa shape index (κ3) is 1.64. The van der Waals surface area contributed by atoms with Crippen molar-refractivity contribution in [2.45, 2.75) is 6.54 Å². The molecular formula is C9H11N3S. The number of aryl methyl sites for hydroxylation is 1. The molecule has 2 heterocycles. The molecule has 13 heavy (non-hydrogen) atoms. The lowest BCUT2D eigenvalue weighted by Crippen LogP contribution is -1.90. The first kappa shape index (κ1) is 8.47. The molecule has 0 aliphatic carbocycles. The molecule has 0 aliphatic rings. The zero-order chi connectivity index (χ0) is 9.26. The lowest BCUT2D eigenvalue weighted by molar-refractivity contribution is 0.913. The van der Waals surface area contributed by atoms with Crippen LogP contribution in [0.4, 0.5) is 0 Å². The Morgan fingerprint density at radius 3 is 2.92 bits per heavy atom. The van der Waals surface area contributed by atoms with E-state index in [9.17, 15) is 0 Å². The maximum Gasteiger partial charge on any atom is 0.0981 e. The summed E-state index contributed by atoms with van der Waals surface area (Å²) in [6.07, 6.45) is 3.81. The number of nitrogens with zero attached hydrogens (tertiary/aromatic N) is 2. The van der Waals surface area contributed by atoms with Gasteiger partial charge in [0.25, 0.3) is 0 Å². The van der Waals surface area contributed by atoms with Crippen LogP contribution in [0.25, 0.3) is 10.6 Å². The Hall–Kier alpha value is -1.13. The van der Waals surface area contributed by atoms with Crippen LogP contribution in [0, 0.1) is 0 Å². The van der Waals surface area contributed by atoms with Gasteiger partial charge in [0.2, 0.25) is 0 Å². The van der Waals surface area contributed by atoms with Gasteiger partial charge in [-0.3, -0.25) is 0 Å². The summed E-state index contributed by atoms with van der Waals surface area (Å²) in [6.45, 7) is 0.609. The summed E-state index contributed by atoms with van der Waals surface area (Å²) in [6, 6.07) is 4.11. The lowest BCUT2D eigenvalue weighted by Gasteiger charge is -1.88. The van der Waals surface area contributed by atoms with Gasteiger partial charge in [-0.05, 0) is 12.1 Å². The lowest BCUT2D eigenvalue weighted by atomic mass is 10.3. The molecule has 4 heteroatoms. The van der Waals surface area contributed by atoms with Gasteiger partial charge in [0.05, 0.1) is 16.9 Å². The molecule has 2 N–H and O–H groups in total. The summed E-state index contributed by atoms with van der Waals surface area (Å²) in [5, 5.41) is 0. The maximum atomic E-state index is 5.53. The molecule has 0 fully saturated rings. The van der Waals surface area contributed by atoms with E-state index < -0.39 is 0 Å². The SMILES string of the molecule is Cn1cnc(-c2ccc(CN)s2)c1. The quantitative estimate of drug-likeness (QED) is 0.787. The number of thiophene rings is 1. The Bertz CT molecular complexity index is 402. The molecule has 0 bridgehead atoms. The Labute approximate surface area is 80.8 Å². The monoisotopic (exact) mass is 193 g/mol. The van der Waals surface area contributed by atoms with Crippen LogP contribution in [-0.4, -0.2) is 9.55 Å². The highest BCUT2D eigenvalue weighted by Crippen LogP contribution is 2.25. The van der Waals surface area contributed by atoms with Crippen LogP contribution in [-0.2, 0) is 13.6 Å².